The third-order valence-corrected chi connectivity index (χ3v) is 2.98. The molecular weight excluding hydrogens is 220 g/mol. The Labute approximate surface area is 103 Å². The third kappa shape index (κ3) is 4.97. The maximum Gasteiger partial charge on any atom is 0.0409 e. The summed E-state index contributed by atoms with van der Waals surface area (Å²) in [6.07, 6.45) is 2.10. The quantitative estimate of drug-likeness (QED) is 0.829. The van der Waals surface area contributed by atoms with Crippen molar-refractivity contribution in [3.05, 3.63) is 34.9 Å². The van der Waals surface area contributed by atoms with Crippen LogP contribution in [0.4, 0.5) is 0 Å². The third-order valence-electron chi connectivity index (χ3n) is 2.75. The molecule has 0 saturated heterocycles. The van der Waals surface area contributed by atoms with E-state index in [9.17, 15) is 0 Å². The summed E-state index contributed by atoms with van der Waals surface area (Å²) in [4.78, 5) is 2.28. The summed E-state index contributed by atoms with van der Waals surface area (Å²) in [5, 5.41) is 0.802. The smallest absolute Gasteiger partial charge is 0.0409 e. The van der Waals surface area contributed by atoms with Crippen LogP contribution in [-0.4, -0.2) is 24.5 Å². The average Bonchev–Trinajstić information content (AvgIpc) is 2.26. The first-order chi connectivity index (χ1) is 7.61. The molecule has 3 heteroatoms. The lowest BCUT2D eigenvalue weighted by Crippen LogP contribution is -2.27. The minimum absolute atomic E-state index is 0.321. The zero-order valence-electron chi connectivity index (χ0n) is 10.1. The summed E-state index contributed by atoms with van der Waals surface area (Å²) < 4.78 is 0. The van der Waals surface area contributed by atoms with Gasteiger partial charge in [-0.3, -0.25) is 0 Å². The van der Waals surface area contributed by atoms with E-state index in [4.69, 9.17) is 17.3 Å². The van der Waals surface area contributed by atoms with Gasteiger partial charge in [-0.05, 0) is 44.1 Å². The van der Waals surface area contributed by atoms with Crippen molar-refractivity contribution in [2.75, 3.05) is 13.6 Å². The van der Waals surface area contributed by atoms with E-state index >= 15 is 0 Å². The van der Waals surface area contributed by atoms with E-state index < -0.39 is 0 Å². The van der Waals surface area contributed by atoms with Crippen molar-refractivity contribution in [2.24, 2.45) is 5.73 Å². The first-order valence-corrected chi connectivity index (χ1v) is 6.18. The lowest BCUT2D eigenvalue weighted by Gasteiger charge is -2.18. The number of hydrogen-bond donors (Lipinski definition) is 1. The second-order valence-corrected chi connectivity index (χ2v) is 4.76. The second kappa shape index (κ2) is 6.89. The molecule has 16 heavy (non-hydrogen) atoms. The van der Waals surface area contributed by atoms with Crippen LogP contribution in [0, 0.1) is 0 Å². The zero-order chi connectivity index (χ0) is 12.0. The summed E-state index contributed by atoms with van der Waals surface area (Å²) in [5.41, 5.74) is 7.14. The standard InChI is InChI=1S/C13H21ClN2/c1-3-13(15)7-8-16(2)10-11-5-4-6-12(14)9-11/h4-6,9,13H,3,7-8,10,15H2,1-2H3. The predicted molar refractivity (Wildman–Crippen MR) is 70.7 cm³/mol. The minimum Gasteiger partial charge on any atom is -0.328 e. The summed E-state index contributed by atoms with van der Waals surface area (Å²) in [5.74, 6) is 0. The second-order valence-electron chi connectivity index (χ2n) is 4.32. The Hall–Kier alpha value is -0.570. The van der Waals surface area contributed by atoms with Gasteiger partial charge in [0.1, 0.15) is 0 Å². The van der Waals surface area contributed by atoms with Crippen LogP contribution in [-0.2, 0) is 6.54 Å². The molecule has 90 valence electrons. The van der Waals surface area contributed by atoms with E-state index in [-0.39, 0.29) is 0 Å². The van der Waals surface area contributed by atoms with Crippen LogP contribution in [0.3, 0.4) is 0 Å². The number of benzene rings is 1. The molecule has 1 unspecified atom stereocenters. The van der Waals surface area contributed by atoms with Crippen molar-refractivity contribution in [3.63, 3.8) is 0 Å². The van der Waals surface area contributed by atoms with Crippen molar-refractivity contribution in [1.82, 2.24) is 4.90 Å². The number of rotatable bonds is 6. The molecule has 0 radical (unpaired) electrons. The Morgan fingerprint density at radius 1 is 1.44 bits per heavy atom. The van der Waals surface area contributed by atoms with Crippen molar-refractivity contribution in [2.45, 2.75) is 32.4 Å². The van der Waals surface area contributed by atoms with Gasteiger partial charge in [0.15, 0.2) is 0 Å². The summed E-state index contributed by atoms with van der Waals surface area (Å²) >= 11 is 5.94. The van der Waals surface area contributed by atoms with Crippen LogP contribution in [0.1, 0.15) is 25.3 Å². The number of hydrogen-bond acceptors (Lipinski definition) is 2. The summed E-state index contributed by atoms with van der Waals surface area (Å²) in [6, 6.07) is 8.32. The van der Waals surface area contributed by atoms with E-state index in [0.717, 1.165) is 31.0 Å². The lowest BCUT2D eigenvalue weighted by molar-refractivity contribution is 0.309. The topological polar surface area (TPSA) is 29.3 Å². The zero-order valence-corrected chi connectivity index (χ0v) is 10.9. The van der Waals surface area contributed by atoms with E-state index in [1.165, 1.54) is 5.56 Å². The van der Waals surface area contributed by atoms with Gasteiger partial charge >= 0.3 is 0 Å². The van der Waals surface area contributed by atoms with Crippen molar-refractivity contribution in [3.8, 4) is 0 Å². The lowest BCUT2D eigenvalue weighted by atomic mass is 10.1. The Kier molecular flexibility index (Phi) is 5.81. The molecule has 0 aliphatic heterocycles. The van der Waals surface area contributed by atoms with Crippen LogP contribution < -0.4 is 5.73 Å². The van der Waals surface area contributed by atoms with Gasteiger partial charge in [-0.15, -0.1) is 0 Å². The molecule has 0 aromatic heterocycles. The molecule has 2 N–H and O–H groups in total. The van der Waals surface area contributed by atoms with Gasteiger partial charge in [0, 0.05) is 17.6 Å². The Balaban J connectivity index is 2.36. The molecular formula is C13H21ClN2. The fourth-order valence-corrected chi connectivity index (χ4v) is 1.83. The van der Waals surface area contributed by atoms with Gasteiger partial charge in [-0.1, -0.05) is 30.7 Å². The molecule has 0 saturated carbocycles. The highest BCUT2D eigenvalue weighted by molar-refractivity contribution is 6.30. The fraction of sp³-hybridized carbons (Fsp3) is 0.538. The molecule has 2 nitrogen and oxygen atoms in total. The number of nitrogens with two attached hydrogens (primary N) is 1. The Bertz CT molecular complexity index is 315. The van der Waals surface area contributed by atoms with Crippen LogP contribution in [0.2, 0.25) is 5.02 Å². The van der Waals surface area contributed by atoms with Crippen molar-refractivity contribution < 1.29 is 0 Å². The van der Waals surface area contributed by atoms with Gasteiger partial charge in [0.05, 0.1) is 0 Å². The molecule has 1 rings (SSSR count). The maximum atomic E-state index is 5.94. The minimum atomic E-state index is 0.321. The molecule has 0 fully saturated rings. The first-order valence-electron chi connectivity index (χ1n) is 5.80. The first kappa shape index (κ1) is 13.5. The van der Waals surface area contributed by atoms with Gasteiger partial charge in [-0.2, -0.15) is 0 Å². The summed E-state index contributed by atoms with van der Waals surface area (Å²) in [6.45, 7) is 4.08. The van der Waals surface area contributed by atoms with E-state index in [1.54, 1.807) is 0 Å². The number of halogens is 1. The Morgan fingerprint density at radius 3 is 2.81 bits per heavy atom. The fourth-order valence-electron chi connectivity index (χ4n) is 1.62. The van der Waals surface area contributed by atoms with Crippen LogP contribution in [0.25, 0.3) is 0 Å². The van der Waals surface area contributed by atoms with E-state index in [2.05, 4.69) is 24.9 Å². The number of nitrogens with zero attached hydrogens (tertiary/aromatic N) is 1. The van der Waals surface area contributed by atoms with Gasteiger partial charge in [0.2, 0.25) is 0 Å². The van der Waals surface area contributed by atoms with Crippen LogP contribution >= 0.6 is 11.6 Å². The van der Waals surface area contributed by atoms with Gasteiger partial charge < -0.3 is 10.6 Å². The van der Waals surface area contributed by atoms with Crippen molar-refractivity contribution >= 4 is 11.6 Å². The molecule has 1 aromatic carbocycles. The molecule has 1 atom stereocenters. The molecule has 0 aliphatic carbocycles. The highest BCUT2D eigenvalue weighted by atomic mass is 35.5. The molecule has 0 spiro atoms. The Morgan fingerprint density at radius 2 is 2.19 bits per heavy atom. The van der Waals surface area contributed by atoms with Gasteiger partial charge in [-0.25, -0.2) is 0 Å². The SMILES string of the molecule is CCC(N)CCN(C)Cc1cccc(Cl)c1. The molecule has 0 bridgehead atoms. The molecule has 0 aliphatic rings. The normalized spacial score (nSPS) is 13.1. The average molecular weight is 241 g/mol. The molecule has 0 amide bonds. The van der Waals surface area contributed by atoms with Gasteiger partial charge in [0.25, 0.3) is 0 Å². The van der Waals surface area contributed by atoms with Crippen molar-refractivity contribution in [1.29, 1.82) is 0 Å². The monoisotopic (exact) mass is 240 g/mol. The molecule has 0 heterocycles. The maximum absolute atomic E-state index is 5.94. The van der Waals surface area contributed by atoms with E-state index in [0.29, 0.717) is 6.04 Å². The van der Waals surface area contributed by atoms with Crippen LogP contribution in [0.15, 0.2) is 24.3 Å². The molecule has 1 aromatic rings. The summed E-state index contributed by atoms with van der Waals surface area (Å²) in [7, 11) is 2.11. The van der Waals surface area contributed by atoms with E-state index in [1.807, 2.05) is 18.2 Å². The highest BCUT2D eigenvalue weighted by Gasteiger charge is 2.04. The van der Waals surface area contributed by atoms with Crippen LogP contribution in [0.5, 0.6) is 0 Å². The largest absolute Gasteiger partial charge is 0.328 e. The predicted octanol–water partition coefficient (Wildman–Crippen LogP) is 2.90. The highest BCUT2D eigenvalue weighted by Crippen LogP contribution is 2.12.